The quantitative estimate of drug-likeness (QED) is 0.125. The molecular weight excluding hydrogens is 390 g/mol. The van der Waals surface area contributed by atoms with Gasteiger partial charge in [-0.1, -0.05) is 89.9 Å². The van der Waals surface area contributed by atoms with Crippen LogP contribution in [-0.4, -0.2) is 45.2 Å². The minimum Gasteiger partial charge on any atom is -0.379 e. The van der Waals surface area contributed by atoms with Gasteiger partial charge in [0.1, 0.15) is 6.29 Å². The van der Waals surface area contributed by atoms with E-state index in [0.717, 1.165) is 32.0 Å². The van der Waals surface area contributed by atoms with E-state index >= 15 is 0 Å². The zero-order valence-corrected chi connectivity index (χ0v) is 20.5. The number of hydrogen-bond donors (Lipinski definition) is 1. The highest BCUT2D eigenvalue weighted by Gasteiger charge is 2.01. The average Bonchev–Trinajstić information content (AvgIpc) is 2.77. The van der Waals surface area contributed by atoms with Gasteiger partial charge in [0, 0.05) is 26.0 Å². The van der Waals surface area contributed by atoms with Crippen LogP contribution in [0.4, 0.5) is 0 Å². The van der Waals surface area contributed by atoms with Gasteiger partial charge in [-0.3, -0.25) is 4.79 Å². The molecule has 0 unspecified atom stereocenters. The van der Waals surface area contributed by atoms with E-state index in [1.807, 2.05) is 6.92 Å². The van der Waals surface area contributed by atoms with Gasteiger partial charge in [-0.05, 0) is 19.8 Å². The van der Waals surface area contributed by atoms with Crippen LogP contribution in [0, 0.1) is 0 Å². The maximum atomic E-state index is 11.7. The molecule has 0 fully saturated rings. The highest BCUT2D eigenvalue weighted by molar-refractivity contribution is 5.75. The largest absolute Gasteiger partial charge is 0.379 e. The van der Waals surface area contributed by atoms with Crippen LogP contribution in [0.15, 0.2) is 0 Å². The standard InChI is InChI=1S/C26H51NO4/c1-2-30-24-25-31-23-21-27-26(29)20-18-16-14-12-10-8-6-4-3-5-7-9-11-13-15-17-19-22-28/h22H,2-21,23-25H2,1H3,(H,27,29). The molecule has 0 spiro atoms. The van der Waals surface area contributed by atoms with Crippen molar-refractivity contribution in [2.24, 2.45) is 0 Å². The SMILES string of the molecule is CCOCCOCCNC(=O)CCCCCCCCCCCCCCCCCCC=O. The summed E-state index contributed by atoms with van der Waals surface area (Å²) in [7, 11) is 0. The lowest BCUT2D eigenvalue weighted by atomic mass is 10.0. The van der Waals surface area contributed by atoms with Crippen molar-refractivity contribution in [1.29, 1.82) is 0 Å². The Morgan fingerprint density at radius 1 is 0.645 bits per heavy atom. The smallest absolute Gasteiger partial charge is 0.220 e. The molecule has 0 bridgehead atoms. The molecule has 31 heavy (non-hydrogen) atoms. The molecule has 0 heterocycles. The zero-order valence-electron chi connectivity index (χ0n) is 20.5. The summed E-state index contributed by atoms with van der Waals surface area (Å²) >= 11 is 0. The Kier molecular flexibility index (Phi) is 26.3. The number of carbonyl (C=O) groups is 2. The van der Waals surface area contributed by atoms with Gasteiger partial charge in [0.05, 0.1) is 19.8 Å². The fraction of sp³-hybridized carbons (Fsp3) is 0.923. The van der Waals surface area contributed by atoms with Crippen molar-refractivity contribution in [3.8, 4) is 0 Å². The Balaban J connectivity index is 3.11. The van der Waals surface area contributed by atoms with Crippen LogP contribution in [0.3, 0.4) is 0 Å². The summed E-state index contributed by atoms with van der Waals surface area (Å²) in [6.45, 7) is 5.04. The summed E-state index contributed by atoms with van der Waals surface area (Å²) in [5.74, 6) is 0.145. The molecule has 0 saturated carbocycles. The normalized spacial score (nSPS) is 11.0. The van der Waals surface area contributed by atoms with E-state index in [1.54, 1.807) is 0 Å². The van der Waals surface area contributed by atoms with Crippen molar-refractivity contribution in [2.75, 3.05) is 33.0 Å². The lowest BCUT2D eigenvalue weighted by molar-refractivity contribution is -0.121. The van der Waals surface area contributed by atoms with Gasteiger partial charge in [0.2, 0.25) is 5.91 Å². The number of ether oxygens (including phenoxy) is 2. The number of amides is 1. The first-order valence-electron chi connectivity index (χ1n) is 13.2. The highest BCUT2D eigenvalue weighted by atomic mass is 16.5. The second kappa shape index (κ2) is 27.1. The molecule has 0 saturated heterocycles. The molecule has 0 radical (unpaired) electrons. The topological polar surface area (TPSA) is 64.6 Å². The predicted octanol–water partition coefficient (Wildman–Crippen LogP) is 6.38. The number of rotatable bonds is 26. The lowest BCUT2D eigenvalue weighted by Gasteiger charge is -2.07. The summed E-state index contributed by atoms with van der Waals surface area (Å²) < 4.78 is 10.6. The molecule has 1 N–H and O–H groups in total. The maximum absolute atomic E-state index is 11.7. The van der Waals surface area contributed by atoms with E-state index in [1.165, 1.54) is 83.5 Å². The summed E-state index contributed by atoms with van der Waals surface area (Å²) in [5, 5.41) is 2.91. The minimum atomic E-state index is 0.145. The summed E-state index contributed by atoms with van der Waals surface area (Å²) in [5.41, 5.74) is 0. The van der Waals surface area contributed by atoms with Crippen LogP contribution >= 0.6 is 0 Å². The van der Waals surface area contributed by atoms with Gasteiger partial charge in [0.25, 0.3) is 0 Å². The summed E-state index contributed by atoms with van der Waals surface area (Å²) in [6.07, 6.45) is 23.0. The molecule has 0 atom stereocenters. The highest BCUT2D eigenvalue weighted by Crippen LogP contribution is 2.14. The fourth-order valence-corrected chi connectivity index (χ4v) is 3.70. The van der Waals surface area contributed by atoms with Crippen molar-refractivity contribution in [3.63, 3.8) is 0 Å². The van der Waals surface area contributed by atoms with Crippen LogP contribution < -0.4 is 5.32 Å². The monoisotopic (exact) mass is 441 g/mol. The molecule has 0 aliphatic rings. The van der Waals surface area contributed by atoms with Crippen molar-refractivity contribution < 1.29 is 19.1 Å². The fourth-order valence-electron chi connectivity index (χ4n) is 3.70. The number of nitrogens with one attached hydrogen (secondary N) is 1. The van der Waals surface area contributed by atoms with Gasteiger partial charge in [0.15, 0.2) is 0 Å². The van der Waals surface area contributed by atoms with Crippen LogP contribution in [-0.2, 0) is 19.1 Å². The molecule has 5 heteroatoms. The van der Waals surface area contributed by atoms with Crippen LogP contribution in [0.1, 0.15) is 122 Å². The molecule has 5 nitrogen and oxygen atoms in total. The van der Waals surface area contributed by atoms with Gasteiger partial charge in [-0.25, -0.2) is 0 Å². The van der Waals surface area contributed by atoms with Gasteiger partial charge >= 0.3 is 0 Å². The molecule has 1 amide bonds. The number of hydrogen-bond acceptors (Lipinski definition) is 4. The Morgan fingerprint density at radius 2 is 1.10 bits per heavy atom. The minimum absolute atomic E-state index is 0.145. The third-order valence-electron chi connectivity index (χ3n) is 5.62. The molecular formula is C26H51NO4. The summed E-state index contributed by atoms with van der Waals surface area (Å²) in [4.78, 5) is 22.0. The van der Waals surface area contributed by atoms with Gasteiger partial charge < -0.3 is 19.6 Å². The first-order valence-corrected chi connectivity index (χ1v) is 13.2. The van der Waals surface area contributed by atoms with Crippen molar-refractivity contribution in [3.05, 3.63) is 0 Å². The Labute approximate surface area is 192 Å². The van der Waals surface area contributed by atoms with E-state index in [0.29, 0.717) is 39.4 Å². The van der Waals surface area contributed by atoms with Crippen LogP contribution in [0.2, 0.25) is 0 Å². The van der Waals surface area contributed by atoms with E-state index in [4.69, 9.17) is 9.47 Å². The molecule has 0 aliphatic heterocycles. The van der Waals surface area contributed by atoms with Gasteiger partial charge in [-0.2, -0.15) is 0 Å². The lowest BCUT2D eigenvalue weighted by Crippen LogP contribution is -2.27. The van der Waals surface area contributed by atoms with Gasteiger partial charge in [-0.15, -0.1) is 0 Å². The first-order chi connectivity index (χ1) is 15.3. The first kappa shape index (κ1) is 30.1. The van der Waals surface area contributed by atoms with Crippen molar-refractivity contribution in [2.45, 2.75) is 122 Å². The van der Waals surface area contributed by atoms with Crippen LogP contribution in [0.5, 0.6) is 0 Å². The molecule has 184 valence electrons. The predicted molar refractivity (Wildman–Crippen MR) is 129 cm³/mol. The van der Waals surface area contributed by atoms with E-state index in [9.17, 15) is 9.59 Å². The zero-order chi connectivity index (χ0) is 22.7. The average molecular weight is 442 g/mol. The van der Waals surface area contributed by atoms with E-state index in [2.05, 4.69) is 5.32 Å². The second-order valence-electron chi connectivity index (χ2n) is 8.52. The molecule has 0 aromatic carbocycles. The molecule has 0 rings (SSSR count). The third kappa shape index (κ3) is 27.0. The van der Waals surface area contributed by atoms with Crippen molar-refractivity contribution in [1.82, 2.24) is 5.32 Å². The van der Waals surface area contributed by atoms with E-state index in [-0.39, 0.29) is 5.91 Å². The third-order valence-corrected chi connectivity index (χ3v) is 5.62. The molecule has 0 aromatic rings. The number of aldehydes is 1. The van der Waals surface area contributed by atoms with E-state index < -0.39 is 0 Å². The van der Waals surface area contributed by atoms with Crippen LogP contribution in [0.25, 0.3) is 0 Å². The summed E-state index contributed by atoms with van der Waals surface area (Å²) in [6, 6.07) is 0. The maximum Gasteiger partial charge on any atom is 0.220 e. The van der Waals surface area contributed by atoms with Crippen molar-refractivity contribution >= 4 is 12.2 Å². The molecule has 0 aromatic heterocycles. The Morgan fingerprint density at radius 3 is 1.58 bits per heavy atom. The Hall–Kier alpha value is -0.940. The Bertz CT molecular complexity index is 376. The number of carbonyl (C=O) groups excluding carboxylic acids is 2. The number of unbranched alkanes of at least 4 members (excludes halogenated alkanes) is 16. The second-order valence-corrected chi connectivity index (χ2v) is 8.52. The molecule has 0 aliphatic carbocycles.